The molecule has 0 fully saturated rings. The van der Waals surface area contributed by atoms with E-state index in [4.69, 9.17) is 23.2 Å². The minimum atomic E-state index is 0.771. The third-order valence-electron chi connectivity index (χ3n) is 2.47. The Hall–Kier alpha value is -0.670. The Morgan fingerprint density at radius 2 is 1.56 bits per heavy atom. The Kier molecular flexibility index (Phi) is 5.39. The van der Waals surface area contributed by atoms with Gasteiger partial charge in [0.25, 0.3) is 0 Å². The van der Waals surface area contributed by atoms with E-state index in [9.17, 15) is 0 Å². The van der Waals surface area contributed by atoms with E-state index < -0.39 is 0 Å². The molecule has 2 aromatic carbocycles. The van der Waals surface area contributed by atoms with E-state index in [0.29, 0.717) is 0 Å². The molecule has 0 amide bonds. The van der Waals surface area contributed by atoms with Gasteiger partial charge in [-0.15, -0.1) is 0 Å². The molecule has 0 heterocycles. The molecule has 2 rings (SSSR count). The molecule has 0 aliphatic rings. The molecule has 0 unspecified atom stereocenters. The number of halogens is 2. The van der Waals surface area contributed by atoms with Crippen molar-refractivity contribution in [2.45, 2.75) is 11.3 Å². The molecule has 2 aromatic rings. The molecule has 0 radical (unpaired) electrons. The van der Waals surface area contributed by atoms with Crippen LogP contribution >= 0.6 is 35.1 Å². The van der Waals surface area contributed by atoms with Crippen LogP contribution < -0.4 is 4.72 Å². The summed E-state index contributed by atoms with van der Waals surface area (Å²) in [6, 6.07) is 15.7. The lowest BCUT2D eigenvalue weighted by Gasteiger charge is -2.06. The van der Waals surface area contributed by atoms with Crippen molar-refractivity contribution in [3.63, 3.8) is 0 Å². The number of rotatable bonds is 5. The van der Waals surface area contributed by atoms with Crippen LogP contribution in [0.4, 0.5) is 0 Å². The topological polar surface area (TPSA) is 12.0 Å². The summed E-state index contributed by atoms with van der Waals surface area (Å²) in [4.78, 5) is 1.04. The van der Waals surface area contributed by atoms with Crippen molar-refractivity contribution >= 4 is 35.1 Å². The Morgan fingerprint density at radius 3 is 2.28 bits per heavy atom. The van der Waals surface area contributed by atoms with Crippen molar-refractivity contribution in [1.82, 2.24) is 4.72 Å². The summed E-state index contributed by atoms with van der Waals surface area (Å²) >= 11 is 13.7. The smallest absolute Gasteiger partial charge is 0.0555 e. The molecule has 94 valence electrons. The first kappa shape index (κ1) is 13.8. The molecular formula is C14H13Cl2NS. The fourth-order valence-corrected chi connectivity index (χ4v) is 2.70. The van der Waals surface area contributed by atoms with Crippen molar-refractivity contribution in [1.29, 1.82) is 0 Å². The maximum atomic E-state index is 6.09. The summed E-state index contributed by atoms with van der Waals surface area (Å²) in [5, 5.41) is 1.59. The average Bonchev–Trinajstić information content (AvgIpc) is 2.38. The molecular weight excluding hydrogens is 285 g/mol. The predicted octanol–water partition coefficient (Wildman–Crippen LogP) is 4.83. The number of nitrogens with one attached hydrogen (secondary N) is 1. The highest BCUT2D eigenvalue weighted by molar-refractivity contribution is 7.97. The van der Waals surface area contributed by atoms with Crippen LogP contribution in [-0.2, 0) is 6.42 Å². The molecule has 0 atom stereocenters. The normalized spacial score (nSPS) is 10.6. The molecule has 18 heavy (non-hydrogen) atoms. The maximum absolute atomic E-state index is 6.09. The van der Waals surface area contributed by atoms with E-state index >= 15 is 0 Å². The third-order valence-corrected chi connectivity index (χ3v) is 4.21. The van der Waals surface area contributed by atoms with Gasteiger partial charge in [0.1, 0.15) is 0 Å². The van der Waals surface area contributed by atoms with Crippen molar-refractivity contribution in [2.75, 3.05) is 6.54 Å². The fraction of sp³-hybridized carbons (Fsp3) is 0.143. The standard InChI is InChI=1S/C14H13Cl2NS/c15-12-6-2-1-5-11(12)9-10-17-18-14-8-4-3-7-13(14)16/h1-8,17H,9-10H2. The van der Waals surface area contributed by atoms with Crippen molar-refractivity contribution in [2.24, 2.45) is 0 Å². The molecule has 0 aliphatic heterocycles. The second kappa shape index (κ2) is 7.05. The largest absolute Gasteiger partial charge is 0.260 e. The van der Waals surface area contributed by atoms with Crippen molar-refractivity contribution < 1.29 is 0 Å². The molecule has 1 nitrogen and oxygen atoms in total. The van der Waals surface area contributed by atoms with Crippen molar-refractivity contribution in [3.8, 4) is 0 Å². The van der Waals surface area contributed by atoms with Crippen molar-refractivity contribution in [3.05, 3.63) is 64.1 Å². The van der Waals surface area contributed by atoms with Crippen LogP contribution in [0.25, 0.3) is 0 Å². The minimum Gasteiger partial charge on any atom is -0.260 e. The molecule has 0 aromatic heterocycles. The minimum absolute atomic E-state index is 0.771. The van der Waals surface area contributed by atoms with Crippen LogP contribution in [0, 0.1) is 0 Å². The van der Waals surface area contributed by atoms with Crippen LogP contribution in [0.5, 0.6) is 0 Å². The van der Waals surface area contributed by atoms with Crippen LogP contribution in [0.2, 0.25) is 10.0 Å². The summed E-state index contributed by atoms with van der Waals surface area (Å²) in [6.07, 6.45) is 0.900. The molecule has 1 N–H and O–H groups in total. The average molecular weight is 298 g/mol. The van der Waals surface area contributed by atoms with Gasteiger partial charge in [-0.1, -0.05) is 53.5 Å². The first-order chi connectivity index (χ1) is 8.77. The van der Waals surface area contributed by atoms with Crippen LogP contribution in [0.1, 0.15) is 5.56 Å². The van der Waals surface area contributed by atoms with Gasteiger partial charge >= 0.3 is 0 Å². The number of hydrogen-bond acceptors (Lipinski definition) is 2. The van der Waals surface area contributed by atoms with E-state index in [1.54, 1.807) is 11.9 Å². The Balaban J connectivity index is 1.80. The summed E-state index contributed by atoms with van der Waals surface area (Å²) in [6.45, 7) is 0.847. The highest BCUT2D eigenvalue weighted by Gasteiger charge is 2.01. The SMILES string of the molecule is Clc1ccccc1CCNSc1ccccc1Cl. The van der Waals surface area contributed by atoms with E-state index in [1.165, 1.54) is 0 Å². The lowest BCUT2D eigenvalue weighted by atomic mass is 10.1. The van der Waals surface area contributed by atoms with Gasteiger partial charge in [-0.2, -0.15) is 0 Å². The van der Waals surface area contributed by atoms with Gasteiger partial charge in [-0.05, 0) is 42.1 Å². The maximum Gasteiger partial charge on any atom is 0.0555 e. The second-order valence-corrected chi connectivity index (χ2v) is 5.52. The molecule has 4 heteroatoms. The lowest BCUT2D eigenvalue weighted by molar-refractivity contribution is 0.908. The highest BCUT2D eigenvalue weighted by Crippen LogP contribution is 2.24. The fourth-order valence-electron chi connectivity index (χ4n) is 1.54. The van der Waals surface area contributed by atoms with Gasteiger partial charge in [0, 0.05) is 16.5 Å². The second-order valence-electron chi connectivity index (χ2n) is 3.77. The van der Waals surface area contributed by atoms with Gasteiger partial charge in [-0.3, -0.25) is 4.72 Å². The molecule has 0 saturated carbocycles. The number of hydrogen-bond donors (Lipinski definition) is 1. The zero-order valence-electron chi connectivity index (χ0n) is 9.70. The van der Waals surface area contributed by atoms with Gasteiger partial charge in [0.15, 0.2) is 0 Å². The quantitative estimate of drug-likeness (QED) is 0.626. The zero-order chi connectivity index (χ0) is 12.8. The Labute approximate surface area is 122 Å². The van der Waals surface area contributed by atoms with Crippen LogP contribution in [-0.4, -0.2) is 6.54 Å². The molecule has 0 spiro atoms. The first-order valence-corrected chi connectivity index (χ1v) is 7.22. The van der Waals surface area contributed by atoms with Gasteiger partial charge in [-0.25, -0.2) is 0 Å². The van der Waals surface area contributed by atoms with Gasteiger partial charge in [0.2, 0.25) is 0 Å². The first-order valence-electron chi connectivity index (χ1n) is 5.65. The summed E-state index contributed by atoms with van der Waals surface area (Å²) < 4.78 is 3.29. The zero-order valence-corrected chi connectivity index (χ0v) is 12.0. The summed E-state index contributed by atoms with van der Waals surface area (Å²) in [7, 11) is 0. The highest BCUT2D eigenvalue weighted by atomic mass is 35.5. The molecule has 0 bridgehead atoms. The van der Waals surface area contributed by atoms with Crippen LogP contribution in [0.3, 0.4) is 0 Å². The molecule has 0 saturated heterocycles. The number of benzene rings is 2. The molecule has 0 aliphatic carbocycles. The van der Waals surface area contributed by atoms with E-state index in [1.807, 2.05) is 48.5 Å². The third kappa shape index (κ3) is 3.92. The van der Waals surface area contributed by atoms with Gasteiger partial charge in [0.05, 0.1) is 5.02 Å². The monoisotopic (exact) mass is 297 g/mol. The van der Waals surface area contributed by atoms with Crippen LogP contribution in [0.15, 0.2) is 53.4 Å². The van der Waals surface area contributed by atoms with E-state index in [0.717, 1.165) is 33.5 Å². The van der Waals surface area contributed by atoms with E-state index in [2.05, 4.69) is 4.72 Å². The van der Waals surface area contributed by atoms with Gasteiger partial charge < -0.3 is 0 Å². The summed E-state index contributed by atoms with van der Waals surface area (Å²) in [5.74, 6) is 0. The summed E-state index contributed by atoms with van der Waals surface area (Å²) in [5.41, 5.74) is 1.16. The predicted molar refractivity (Wildman–Crippen MR) is 80.5 cm³/mol. The Bertz CT molecular complexity index is 469. The van der Waals surface area contributed by atoms with E-state index in [-0.39, 0.29) is 0 Å². The lowest BCUT2D eigenvalue weighted by Crippen LogP contribution is -2.08. The Morgan fingerprint density at radius 1 is 0.889 bits per heavy atom.